The first-order chi connectivity index (χ1) is 10.9. The summed E-state index contributed by atoms with van der Waals surface area (Å²) in [6.45, 7) is 2.46. The number of aromatic amines is 1. The van der Waals surface area contributed by atoms with E-state index in [9.17, 15) is 13.2 Å². The van der Waals surface area contributed by atoms with Gasteiger partial charge in [-0.3, -0.25) is 0 Å². The highest BCUT2D eigenvalue weighted by Gasteiger charge is 2.29. The standard InChI is InChI=1S/C18H16F3NO/c1-12-11-22-17-7-2-13(10-16(12)17)8-9-23-15-5-3-14(4-6-15)18(19,20)21/h2-7,10-11,22H,8-9H2,1H3. The lowest BCUT2D eigenvalue weighted by Gasteiger charge is -2.09. The highest BCUT2D eigenvalue weighted by molar-refractivity contribution is 5.83. The Labute approximate surface area is 131 Å². The number of H-pyrrole nitrogens is 1. The molecule has 0 fully saturated rings. The highest BCUT2D eigenvalue weighted by Crippen LogP contribution is 2.30. The molecule has 0 aliphatic heterocycles. The van der Waals surface area contributed by atoms with Crippen LogP contribution in [0.15, 0.2) is 48.7 Å². The zero-order chi connectivity index (χ0) is 16.4. The minimum Gasteiger partial charge on any atom is -0.493 e. The van der Waals surface area contributed by atoms with Crippen molar-refractivity contribution in [2.45, 2.75) is 19.5 Å². The average molecular weight is 319 g/mol. The molecule has 5 heteroatoms. The number of rotatable bonds is 4. The molecule has 0 unspecified atom stereocenters. The number of aromatic nitrogens is 1. The van der Waals surface area contributed by atoms with Crippen LogP contribution in [0, 0.1) is 6.92 Å². The molecule has 0 amide bonds. The summed E-state index contributed by atoms with van der Waals surface area (Å²) in [5.41, 5.74) is 2.74. The van der Waals surface area contributed by atoms with Gasteiger partial charge in [-0.25, -0.2) is 0 Å². The number of hydrogen-bond donors (Lipinski definition) is 1. The van der Waals surface area contributed by atoms with Gasteiger partial charge in [0.15, 0.2) is 0 Å². The molecule has 120 valence electrons. The molecule has 0 saturated carbocycles. The fourth-order valence-electron chi connectivity index (χ4n) is 2.49. The molecule has 2 nitrogen and oxygen atoms in total. The summed E-state index contributed by atoms with van der Waals surface area (Å²) in [7, 11) is 0. The largest absolute Gasteiger partial charge is 0.493 e. The van der Waals surface area contributed by atoms with Gasteiger partial charge in [-0.2, -0.15) is 13.2 Å². The fraction of sp³-hybridized carbons (Fsp3) is 0.222. The zero-order valence-corrected chi connectivity index (χ0v) is 12.6. The molecule has 2 aromatic carbocycles. The minimum absolute atomic E-state index is 0.417. The number of fused-ring (bicyclic) bond motifs is 1. The van der Waals surface area contributed by atoms with E-state index in [1.54, 1.807) is 0 Å². The van der Waals surface area contributed by atoms with E-state index in [0.717, 1.165) is 23.2 Å². The van der Waals surface area contributed by atoms with Crippen LogP contribution in [0.1, 0.15) is 16.7 Å². The highest BCUT2D eigenvalue weighted by atomic mass is 19.4. The number of benzene rings is 2. The third-order valence-corrected chi connectivity index (χ3v) is 3.79. The molecule has 3 rings (SSSR count). The molecule has 3 aromatic rings. The van der Waals surface area contributed by atoms with E-state index in [0.29, 0.717) is 18.8 Å². The second-order valence-electron chi connectivity index (χ2n) is 5.47. The van der Waals surface area contributed by atoms with E-state index in [-0.39, 0.29) is 0 Å². The van der Waals surface area contributed by atoms with E-state index < -0.39 is 11.7 Å². The first-order valence-electron chi connectivity index (χ1n) is 7.30. The Kier molecular flexibility index (Phi) is 4.03. The number of ether oxygens (including phenoxy) is 1. The van der Waals surface area contributed by atoms with Crippen molar-refractivity contribution in [1.29, 1.82) is 0 Å². The van der Waals surface area contributed by atoms with Crippen LogP contribution in [0.4, 0.5) is 13.2 Å². The van der Waals surface area contributed by atoms with Crippen molar-refractivity contribution >= 4 is 10.9 Å². The molecule has 0 spiro atoms. The molecule has 1 heterocycles. The maximum atomic E-state index is 12.5. The molecule has 0 aliphatic carbocycles. The Morgan fingerprint density at radius 2 is 1.78 bits per heavy atom. The van der Waals surface area contributed by atoms with Crippen molar-refractivity contribution in [3.05, 3.63) is 65.4 Å². The maximum absolute atomic E-state index is 12.5. The van der Waals surface area contributed by atoms with Crippen molar-refractivity contribution in [2.24, 2.45) is 0 Å². The van der Waals surface area contributed by atoms with Crippen LogP contribution in [-0.2, 0) is 12.6 Å². The van der Waals surface area contributed by atoms with E-state index in [1.807, 2.05) is 25.3 Å². The smallest absolute Gasteiger partial charge is 0.416 e. The lowest BCUT2D eigenvalue weighted by atomic mass is 10.1. The van der Waals surface area contributed by atoms with Crippen LogP contribution in [0.3, 0.4) is 0 Å². The van der Waals surface area contributed by atoms with Crippen LogP contribution in [-0.4, -0.2) is 11.6 Å². The van der Waals surface area contributed by atoms with Crippen LogP contribution in [0.5, 0.6) is 5.75 Å². The Morgan fingerprint density at radius 1 is 1.04 bits per heavy atom. The number of aryl methyl sites for hydroxylation is 1. The van der Waals surface area contributed by atoms with Gasteiger partial charge in [0.25, 0.3) is 0 Å². The first-order valence-corrected chi connectivity index (χ1v) is 7.30. The molecule has 0 aliphatic rings. The topological polar surface area (TPSA) is 25.0 Å². The predicted molar refractivity (Wildman–Crippen MR) is 83.7 cm³/mol. The molecule has 0 saturated heterocycles. The third kappa shape index (κ3) is 3.50. The molecular weight excluding hydrogens is 303 g/mol. The normalized spacial score (nSPS) is 11.8. The third-order valence-electron chi connectivity index (χ3n) is 3.79. The monoisotopic (exact) mass is 319 g/mol. The van der Waals surface area contributed by atoms with Crippen LogP contribution < -0.4 is 4.74 Å². The summed E-state index contributed by atoms with van der Waals surface area (Å²) in [4.78, 5) is 3.19. The number of nitrogens with one attached hydrogen (secondary N) is 1. The minimum atomic E-state index is -4.32. The SMILES string of the molecule is Cc1c[nH]c2ccc(CCOc3ccc(C(F)(F)F)cc3)cc12. The first kappa shape index (κ1) is 15.5. The van der Waals surface area contributed by atoms with Gasteiger partial charge in [0, 0.05) is 23.5 Å². The van der Waals surface area contributed by atoms with Crippen molar-refractivity contribution in [2.75, 3.05) is 6.61 Å². The van der Waals surface area contributed by atoms with Gasteiger partial charge in [-0.15, -0.1) is 0 Å². The van der Waals surface area contributed by atoms with E-state index in [1.165, 1.54) is 23.1 Å². The average Bonchev–Trinajstić information content (AvgIpc) is 2.88. The lowest BCUT2D eigenvalue weighted by molar-refractivity contribution is -0.137. The summed E-state index contributed by atoms with van der Waals surface area (Å²) in [5, 5.41) is 1.18. The van der Waals surface area contributed by atoms with Crippen molar-refractivity contribution < 1.29 is 17.9 Å². The predicted octanol–water partition coefficient (Wildman–Crippen LogP) is 5.12. The molecule has 1 N–H and O–H groups in total. The Hall–Kier alpha value is -2.43. The van der Waals surface area contributed by atoms with Crippen LogP contribution in [0.2, 0.25) is 0 Å². The summed E-state index contributed by atoms with van der Waals surface area (Å²) >= 11 is 0. The van der Waals surface area contributed by atoms with Gasteiger partial charge in [0.05, 0.1) is 12.2 Å². The summed E-state index contributed by atoms with van der Waals surface area (Å²) in [5.74, 6) is 0.442. The molecule has 0 radical (unpaired) electrons. The Morgan fingerprint density at radius 3 is 2.48 bits per heavy atom. The maximum Gasteiger partial charge on any atom is 0.416 e. The molecular formula is C18H16F3NO. The van der Waals surface area contributed by atoms with E-state index in [2.05, 4.69) is 11.1 Å². The summed E-state index contributed by atoms with van der Waals surface area (Å²) in [6, 6.07) is 10.9. The fourth-order valence-corrected chi connectivity index (χ4v) is 2.49. The summed E-state index contributed by atoms with van der Waals surface area (Å²) in [6.07, 6.45) is -1.66. The second-order valence-corrected chi connectivity index (χ2v) is 5.47. The van der Waals surface area contributed by atoms with Crippen molar-refractivity contribution in [3.8, 4) is 5.75 Å². The van der Waals surface area contributed by atoms with E-state index >= 15 is 0 Å². The Bertz CT molecular complexity index is 803. The van der Waals surface area contributed by atoms with Gasteiger partial charge in [0.1, 0.15) is 5.75 Å². The molecule has 0 bridgehead atoms. The van der Waals surface area contributed by atoms with E-state index in [4.69, 9.17) is 4.74 Å². The second kappa shape index (κ2) is 5.99. The van der Waals surface area contributed by atoms with Gasteiger partial charge in [-0.05, 0) is 54.4 Å². The molecule has 0 atom stereocenters. The van der Waals surface area contributed by atoms with Gasteiger partial charge in [0.2, 0.25) is 0 Å². The number of hydrogen-bond acceptors (Lipinski definition) is 1. The quantitative estimate of drug-likeness (QED) is 0.709. The lowest BCUT2D eigenvalue weighted by Crippen LogP contribution is -2.05. The van der Waals surface area contributed by atoms with Crippen molar-refractivity contribution in [1.82, 2.24) is 4.98 Å². The number of alkyl halides is 3. The molecule has 1 aromatic heterocycles. The zero-order valence-electron chi connectivity index (χ0n) is 12.6. The van der Waals surface area contributed by atoms with Gasteiger partial charge >= 0.3 is 6.18 Å². The van der Waals surface area contributed by atoms with Crippen molar-refractivity contribution in [3.63, 3.8) is 0 Å². The van der Waals surface area contributed by atoms with Gasteiger partial charge in [-0.1, -0.05) is 6.07 Å². The summed E-state index contributed by atoms with van der Waals surface area (Å²) < 4.78 is 43.0. The van der Waals surface area contributed by atoms with Crippen LogP contribution in [0.25, 0.3) is 10.9 Å². The molecule has 23 heavy (non-hydrogen) atoms. The van der Waals surface area contributed by atoms with Gasteiger partial charge < -0.3 is 9.72 Å². The number of halogens is 3. The Balaban J connectivity index is 1.61. The van der Waals surface area contributed by atoms with Crippen LogP contribution >= 0.6 is 0 Å².